The Bertz CT molecular complexity index is 1500. The molecule has 4 aromatic rings. The number of halogens is 4. The van der Waals surface area contributed by atoms with Gasteiger partial charge in [-0.05, 0) is 31.1 Å². The number of carbonyl (C=O) groups is 1. The van der Waals surface area contributed by atoms with Crippen molar-refractivity contribution in [2.24, 2.45) is 0 Å². The second kappa shape index (κ2) is 7.72. The molecule has 1 aliphatic heterocycles. The summed E-state index contributed by atoms with van der Waals surface area (Å²) < 4.78 is 72.7. The maximum atomic E-state index is 13.6. The van der Waals surface area contributed by atoms with Crippen LogP contribution in [0.25, 0.3) is 15.9 Å². The van der Waals surface area contributed by atoms with E-state index in [9.17, 15) is 26.4 Å². The standard InChI is InChI=1S/C19H14ClF3N4O4S2/c20-15-16(26-7-8-32-18(26)24-15)33(29,30)27-10-13(31-17(28)19(21,22)23)14-11(3-1-4-12(14)27)9-25-5-2-6-25/h1,3-4,7-8,10H,2,5-6,9H2. The van der Waals surface area contributed by atoms with Gasteiger partial charge in [-0.25, -0.2) is 13.8 Å². The summed E-state index contributed by atoms with van der Waals surface area (Å²) in [6.45, 7) is 1.96. The molecule has 14 heteroatoms. The summed E-state index contributed by atoms with van der Waals surface area (Å²) >= 11 is 7.28. The first-order valence-electron chi connectivity index (χ1n) is 9.58. The highest BCUT2D eigenvalue weighted by molar-refractivity contribution is 7.90. The van der Waals surface area contributed by atoms with Gasteiger partial charge in [-0.15, -0.1) is 11.3 Å². The third kappa shape index (κ3) is 3.68. The maximum absolute atomic E-state index is 13.6. The minimum absolute atomic E-state index is 0.0549. The topological polar surface area (TPSA) is 85.9 Å². The van der Waals surface area contributed by atoms with Crippen molar-refractivity contribution in [2.75, 3.05) is 13.1 Å². The summed E-state index contributed by atoms with van der Waals surface area (Å²) in [5.74, 6) is -2.95. The Morgan fingerprint density at radius 1 is 1.27 bits per heavy atom. The van der Waals surface area contributed by atoms with Gasteiger partial charge in [-0.3, -0.25) is 9.30 Å². The van der Waals surface area contributed by atoms with Crippen LogP contribution < -0.4 is 4.74 Å². The minimum Gasteiger partial charge on any atom is -0.418 e. The first-order valence-corrected chi connectivity index (χ1v) is 12.3. The SMILES string of the molecule is O=C(Oc1cn(S(=O)(=O)c2c(Cl)nc3sccn23)c2cccc(CN3CCC3)c12)C(F)(F)F. The van der Waals surface area contributed by atoms with E-state index >= 15 is 0 Å². The third-order valence-electron chi connectivity index (χ3n) is 5.31. The van der Waals surface area contributed by atoms with E-state index in [0.717, 1.165) is 29.7 Å². The van der Waals surface area contributed by atoms with Crippen LogP contribution in [0.2, 0.25) is 5.15 Å². The number of hydrogen-bond donors (Lipinski definition) is 0. The highest BCUT2D eigenvalue weighted by Gasteiger charge is 2.42. The molecule has 0 amide bonds. The molecule has 1 aliphatic rings. The number of ether oxygens (including phenoxy) is 1. The Hall–Kier alpha value is -2.61. The molecule has 0 unspecified atom stereocenters. The van der Waals surface area contributed by atoms with Crippen molar-refractivity contribution in [3.63, 3.8) is 0 Å². The molecule has 5 rings (SSSR count). The summed E-state index contributed by atoms with van der Waals surface area (Å²) in [5.41, 5.74) is 0.588. The van der Waals surface area contributed by atoms with Crippen LogP contribution >= 0.6 is 22.9 Å². The van der Waals surface area contributed by atoms with Crippen molar-refractivity contribution >= 4 is 54.8 Å². The molecule has 1 fully saturated rings. The highest BCUT2D eigenvalue weighted by Crippen LogP contribution is 2.37. The first kappa shape index (κ1) is 22.2. The van der Waals surface area contributed by atoms with Crippen LogP contribution in [0.1, 0.15) is 12.0 Å². The van der Waals surface area contributed by atoms with Crippen LogP contribution in [-0.2, 0) is 21.4 Å². The van der Waals surface area contributed by atoms with Crippen molar-refractivity contribution < 1.29 is 31.1 Å². The van der Waals surface area contributed by atoms with Gasteiger partial charge in [0.1, 0.15) is 0 Å². The molecule has 0 atom stereocenters. The van der Waals surface area contributed by atoms with Gasteiger partial charge in [-0.1, -0.05) is 23.7 Å². The molecule has 1 aromatic carbocycles. The van der Waals surface area contributed by atoms with Gasteiger partial charge >= 0.3 is 12.1 Å². The van der Waals surface area contributed by atoms with Crippen LogP contribution in [0.3, 0.4) is 0 Å². The lowest BCUT2D eigenvalue weighted by molar-refractivity contribution is -0.189. The predicted molar refractivity (Wildman–Crippen MR) is 114 cm³/mol. The number of fused-ring (bicyclic) bond motifs is 2. The van der Waals surface area contributed by atoms with Crippen molar-refractivity contribution in [1.29, 1.82) is 0 Å². The number of benzene rings is 1. The molecular formula is C19H14ClF3N4O4S2. The van der Waals surface area contributed by atoms with Crippen molar-refractivity contribution in [3.8, 4) is 5.75 Å². The Morgan fingerprint density at radius 3 is 2.70 bits per heavy atom. The smallest absolute Gasteiger partial charge is 0.418 e. The Balaban J connectivity index is 1.72. The largest absolute Gasteiger partial charge is 0.491 e. The molecule has 0 N–H and O–H groups in total. The average molecular weight is 519 g/mol. The lowest BCUT2D eigenvalue weighted by Gasteiger charge is -2.30. The molecule has 33 heavy (non-hydrogen) atoms. The number of nitrogens with zero attached hydrogens (tertiary/aromatic N) is 4. The molecular weight excluding hydrogens is 505 g/mol. The number of esters is 1. The van der Waals surface area contributed by atoms with Crippen LogP contribution in [0, 0.1) is 0 Å². The van der Waals surface area contributed by atoms with Gasteiger partial charge in [0.05, 0.1) is 11.7 Å². The predicted octanol–water partition coefficient (Wildman–Crippen LogP) is 3.91. The van der Waals surface area contributed by atoms with Gasteiger partial charge < -0.3 is 4.74 Å². The highest BCUT2D eigenvalue weighted by atomic mass is 35.5. The summed E-state index contributed by atoms with van der Waals surface area (Å²) in [5, 5.41) is 1.09. The Morgan fingerprint density at radius 2 is 2.03 bits per heavy atom. The molecule has 3 aromatic heterocycles. The van der Waals surface area contributed by atoms with Crippen LogP contribution in [0.15, 0.2) is 41.0 Å². The molecule has 4 heterocycles. The summed E-state index contributed by atoms with van der Waals surface area (Å²) in [4.78, 5) is 18.0. The zero-order chi connectivity index (χ0) is 23.5. The number of aromatic nitrogens is 3. The van der Waals surface area contributed by atoms with Gasteiger partial charge in [0, 0.05) is 23.5 Å². The number of rotatable bonds is 5. The maximum Gasteiger partial charge on any atom is 0.491 e. The fourth-order valence-corrected chi connectivity index (χ4v) is 6.48. The number of carbonyl (C=O) groups excluding carboxylic acids is 1. The third-order valence-corrected chi connectivity index (χ3v) is 8.14. The molecule has 0 aliphatic carbocycles. The molecule has 1 saturated heterocycles. The number of likely N-dealkylation sites (tertiary alicyclic amines) is 1. The average Bonchev–Trinajstić information content (AvgIpc) is 3.37. The van der Waals surface area contributed by atoms with Crippen molar-refractivity contribution in [3.05, 3.63) is 46.7 Å². The van der Waals surface area contributed by atoms with Gasteiger partial charge in [0.15, 0.2) is 15.9 Å². The molecule has 0 spiro atoms. The van der Waals surface area contributed by atoms with Crippen LogP contribution in [0.4, 0.5) is 13.2 Å². The molecule has 8 nitrogen and oxygen atoms in total. The molecule has 0 bridgehead atoms. The van der Waals surface area contributed by atoms with E-state index in [-0.39, 0.29) is 21.1 Å². The monoisotopic (exact) mass is 518 g/mol. The number of hydrogen-bond acceptors (Lipinski definition) is 7. The number of alkyl halides is 3. The van der Waals surface area contributed by atoms with E-state index < -0.39 is 27.9 Å². The molecule has 0 saturated carbocycles. The Labute approximate surface area is 193 Å². The summed E-state index contributed by atoms with van der Waals surface area (Å²) in [7, 11) is -4.43. The zero-order valence-electron chi connectivity index (χ0n) is 16.5. The van der Waals surface area contributed by atoms with E-state index in [4.69, 9.17) is 11.6 Å². The van der Waals surface area contributed by atoms with Crippen LogP contribution in [0.5, 0.6) is 5.75 Å². The second-order valence-electron chi connectivity index (χ2n) is 7.39. The normalized spacial score (nSPS) is 15.3. The fraction of sp³-hybridized carbons (Fsp3) is 0.263. The van der Waals surface area contributed by atoms with E-state index in [0.29, 0.717) is 17.1 Å². The molecule has 174 valence electrons. The quantitative estimate of drug-likeness (QED) is 0.372. The van der Waals surface area contributed by atoms with Crippen molar-refractivity contribution in [2.45, 2.75) is 24.2 Å². The van der Waals surface area contributed by atoms with E-state index in [1.54, 1.807) is 17.5 Å². The van der Waals surface area contributed by atoms with E-state index in [2.05, 4.69) is 9.72 Å². The lowest BCUT2D eigenvalue weighted by atomic mass is 10.1. The Kier molecular flexibility index (Phi) is 5.19. The number of imidazole rings is 1. The lowest BCUT2D eigenvalue weighted by Crippen LogP contribution is -2.36. The van der Waals surface area contributed by atoms with Gasteiger partial charge in [0.2, 0.25) is 5.03 Å². The van der Waals surface area contributed by atoms with Gasteiger partial charge in [0.25, 0.3) is 10.0 Å². The molecule has 0 radical (unpaired) electrons. The first-order chi connectivity index (χ1) is 15.6. The van der Waals surface area contributed by atoms with Crippen LogP contribution in [-0.4, -0.2) is 51.9 Å². The zero-order valence-corrected chi connectivity index (χ0v) is 18.9. The van der Waals surface area contributed by atoms with Gasteiger partial charge in [-0.2, -0.15) is 21.6 Å². The fourth-order valence-electron chi connectivity index (χ4n) is 3.70. The number of thiazole rings is 1. The summed E-state index contributed by atoms with van der Waals surface area (Å²) in [6, 6.07) is 4.68. The van der Waals surface area contributed by atoms with Crippen molar-refractivity contribution in [1.82, 2.24) is 18.3 Å². The second-order valence-corrected chi connectivity index (χ2v) is 10.3. The summed E-state index contributed by atoms with van der Waals surface area (Å²) in [6.07, 6.45) is -1.93. The van der Waals surface area contributed by atoms with E-state index in [1.165, 1.54) is 28.0 Å². The minimum atomic E-state index is -5.25. The van der Waals surface area contributed by atoms with E-state index in [1.807, 2.05) is 4.90 Å².